The van der Waals surface area contributed by atoms with Gasteiger partial charge in [-0.25, -0.2) is 0 Å². The number of benzene rings is 1. The maximum atomic E-state index is 6.24. The second-order valence-corrected chi connectivity index (χ2v) is 5.66. The fourth-order valence-corrected chi connectivity index (χ4v) is 3.64. The second-order valence-electron chi connectivity index (χ2n) is 4.38. The van der Waals surface area contributed by atoms with Gasteiger partial charge in [0.2, 0.25) is 0 Å². The monoisotopic (exact) mass is 205 g/mol. The van der Waals surface area contributed by atoms with E-state index >= 15 is 0 Å². The van der Waals surface area contributed by atoms with E-state index in [1.54, 1.807) is 0 Å². The lowest BCUT2D eigenvalue weighted by Gasteiger charge is -2.16. The molecule has 14 heavy (non-hydrogen) atoms. The van der Waals surface area contributed by atoms with Crippen LogP contribution in [0.3, 0.4) is 0 Å². The van der Waals surface area contributed by atoms with Crippen molar-refractivity contribution in [2.75, 3.05) is 0 Å². The van der Waals surface area contributed by atoms with E-state index in [0.717, 1.165) is 5.92 Å². The summed E-state index contributed by atoms with van der Waals surface area (Å²) < 4.78 is 0. The first kappa shape index (κ1) is 8.81. The molecule has 1 aromatic rings. The highest BCUT2D eigenvalue weighted by atomic mass is 32.2. The normalized spacial score (nSPS) is 27.4. The molecule has 3 rings (SSSR count). The van der Waals surface area contributed by atoms with E-state index in [9.17, 15) is 0 Å². The molecule has 2 N–H and O–H groups in total. The zero-order valence-electron chi connectivity index (χ0n) is 8.15. The third-order valence-corrected chi connectivity index (χ3v) is 4.70. The molecule has 0 saturated heterocycles. The summed E-state index contributed by atoms with van der Waals surface area (Å²) in [6.45, 7) is 0. The van der Waals surface area contributed by atoms with Gasteiger partial charge in [-0.2, -0.15) is 0 Å². The van der Waals surface area contributed by atoms with Gasteiger partial charge in [-0.15, -0.1) is 11.8 Å². The summed E-state index contributed by atoms with van der Waals surface area (Å²) in [4.78, 5) is 1.45. The summed E-state index contributed by atoms with van der Waals surface area (Å²) in [6.07, 6.45) is 3.89. The standard InChI is InChI=1S/C12H15NS/c13-12(8-5-6-8)11-7-9-3-1-2-4-10(9)14-11/h1-4,8,11-12H,5-7,13H2. The van der Waals surface area contributed by atoms with Gasteiger partial charge in [-0.3, -0.25) is 0 Å². The van der Waals surface area contributed by atoms with Crippen LogP contribution in [-0.4, -0.2) is 11.3 Å². The molecule has 2 unspecified atom stereocenters. The Hall–Kier alpha value is -0.470. The van der Waals surface area contributed by atoms with Crippen LogP contribution in [0.1, 0.15) is 18.4 Å². The Labute approximate surface area is 89.1 Å². The summed E-state index contributed by atoms with van der Waals surface area (Å²) in [5.41, 5.74) is 7.74. The van der Waals surface area contributed by atoms with Gasteiger partial charge in [0.25, 0.3) is 0 Å². The van der Waals surface area contributed by atoms with Crippen molar-refractivity contribution < 1.29 is 0 Å². The van der Waals surface area contributed by atoms with E-state index in [1.165, 1.54) is 29.7 Å². The third-order valence-electron chi connectivity index (χ3n) is 3.27. The van der Waals surface area contributed by atoms with Crippen LogP contribution in [0.15, 0.2) is 29.2 Å². The van der Waals surface area contributed by atoms with E-state index < -0.39 is 0 Å². The summed E-state index contributed by atoms with van der Waals surface area (Å²) in [6, 6.07) is 9.13. The summed E-state index contributed by atoms with van der Waals surface area (Å²) in [7, 11) is 0. The minimum Gasteiger partial charge on any atom is -0.326 e. The minimum absolute atomic E-state index is 0.424. The van der Waals surface area contributed by atoms with Crippen molar-refractivity contribution >= 4 is 11.8 Å². The fourth-order valence-electron chi connectivity index (χ4n) is 2.21. The van der Waals surface area contributed by atoms with E-state index in [-0.39, 0.29) is 0 Å². The number of thioether (sulfide) groups is 1. The number of nitrogens with two attached hydrogens (primary N) is 1. The lowest BCUT2D eigenvalue weighted by molar-refractivity contribution is 0.569. The first-order valence-corrected chi connectivity index (χ1v) is 6.23. The van der Waals surface area contributed by atoms with Crippen LogP contribution in [0.25, 0.3) is 0 Å². The topological polar surface area (TPSA) is 26.0 Å². The number of hydrogen-bond acceptors (Lipinski definition) is 2. The van der Waals surface area contributed by atoms with Gasteiger partial charge in [0, 0.05) is 16.2 Å². The van der Waals surface area contributed by atoms with Crippen molar-refractivity contribution in [1.29, 1.82) is 0 Å². The van der Waals surface area contributed by atoms with Gasteiger partial charge < -0.3 is 5.73 Å². The second kappa shape index (κ2) is 3.28. The number of hydrogen-bond donors (Lipinski definition) is 1. The highest BCUT2D eigenvalue weighted by Gasteiger charge is 2.36. The van der Waals surface area contributed by atoms with Gasteiger partial charge in [0.1, 0.15) is 0 Å². The molecule has 2 atom stereocenters. The van der Waals surface area contributed by atoms with Crippen LogP contribution >= 0.6 is 11.8 Å². The van der Waals surface area contributed by atoms with Gasteiger partial charge >= 0.3 is 0 Å². The molecular weight excluding hydrogens is 190 g/mol. The highest BCUT2D eigenvalue weighted by molar-refractivity contribution is 8.00. The predicted molar refractivity (Wildman–Crippen MR) is 60.5 cm³/mol. The van der Waals surface area contributed by atoms with Crippen LogP contribution in [-0.2, 0) is 6.42 Å². The fraction of sp³-hybridized carbons (Fsp3) is 0.500. The van der Waals surface area contributed by atoms with Crippen molar-refractivity contribution in [3.05, 3.63) is 29.8 Å². The molecule has 2 aliphatic rings. The van der Waals surface area contributed by atoms with Crippen LogP contribution < -0.4 is 5.73 Å². The average molecular weight is 205 g/mol. The highest BCUT2D eigenvalue weighted by Crippen LogP contribution is 2.43. The number of fused-ring (bicyclic) bond motifs is 1. The average Bonchev–Trinajstić information content (AvgIpc) is 2.95. The van der Waals surface area contributed by atoms with E-state index in [4.69, 9.17) is 5.73 Å². The molecule has 1 saturated carbocycles. The van der Waals surface area contributed by atoms with Crippen LogP contribution in [0.5, 0.6) is 0 Å². The van der Waals surface area contributed by atoms with Gasteiger partial charge in [0.05, 0.1) is 0 Å². The molecular formula is C12H15NS. The molecule has 1 fully saturated rings. The largest absolute Gasteiger partial charge is 0.326 e. The first-order chi connectivity index (χ1) is 6.84. The molecule has 0 bridgehead atoms. The number of rotatable bonds is 2. The Morgan fingerprint density at radius 1 is 1.29 bits per heavy atom. The van der Waals surface area contributed by atoms with Gasteiger partial charge in [-0.1, -0.05) is 18.2 Å². The predicted octanol–water partition coefficient (Wildman–Crippen LogP) is 2.44. The summed E-state index contributed by atoms with van der Waals surface area (Å²) in [5.74, 6) is 0.821. The molecule has 1 aromatic carbocycles. The molecule has 1 nitrogen and oxygen atoms in total. The summed E-state index contributed by atoms with van der Waals surface area (Å²) in [5, 5.41) is 0.639. The minimum atomic E-state index is 0.424. The molecule has 1 aliphatic carbocycles. The summed E-state index contributed by atoms with van der Waals surface area (Å²) >= 11 is 1.99. The molecule has 0 spiro atoms. The molecule has 0 aromatic heterocycles. The molecule has 0 radical (unpaired) electrons. The molecule has 74 valence electrons. The van der Waals surface area contributed by atoms with E-state index in [2.05, 4.69) is 24.3 Å². The van der Waals surface area contributed by atoms with Crippen molar-refractivity contribution in [2.24, 2.45) is 11.7 Å². The molecule has 2 heteroatoms. The Bertz CT molecular complexity index is 321. The van der Waals surface area contributed by atoms with Crippen LogP contribution in [0.2, 0.25) is 0 Å². The van der Waals surface area contributed by atoms with Crippen LogP contribution in [0, 0.1) is 5.92 Å². The maximum absolute atomic E-state index is 6.24. The molecule has 1 aliphatic heterocycles. The first-order valence-electron chi connectivity index (χ1n) is 5.35. The van der Waals surface area contributed by atoms with Crippen molar-refractivity contribution in [2.45, 2.75) is 35.4 Å². The van der Waals surface area contributed by atoms with Crippen molar-refractivity contribution in [1.82, 2.24) is 0 Å². The van der Waals surface area contributed by atoms with E-state index in [1.807, 2.05) is 11.8 Å². The maximum Gasteiger partial charge on any atom is 0.0289 e. The van der Waals surface area contributed by atoms with Crippen molar-refractivity contribution in [3.8, 4) is 0 Å². The zero-order valence-corrected chi connectivity index (χ0v) is 8.96. The van der Waals surface area contributed by atoms with Gasteiger partial charge in [0.15, 0.2) is 0 Å². The van der Waals surface area contributed by atoms with E-state index in [0.29, 0.717) is 11.3 Å². The quantitative estimate of drug-likeness (QED) is 0.802. The van der Waals surface area contributed by atoms with Crippen LogP contribution in [0.4, 0.5) is 0 Å². The lowest BCUT2D eigenvalue weighted by atomic mass is 10.0. The lowest BCUT2D eigenvalue weighted by Crippen LogP contribution is -2.34. The Morgan fingerprint density at radius 3 is 2.79 bits per heavy atom. The third kappa shape index (κ3) is 1.47. The van der Waals surface area contributed by atoms with Gasteiger partial charge in [-0.05, 0) is 36.8 Å². The molecule has 1 heterocycles. The smallest absolute Gasteiger partial charge is 0.0289 e. The molecule has 0 amide bonds. The SMILES string of the molecule is NC(C1CC1)C1Cc2ccccc2S1. The Kier molecular flexibility index (Phi) is 2.06. The van der Waals surface area contributed by atoms with Crippen molar-refractivity contribution in [3.63, 3.8) is 0 Å². The zero-order chi connectivity index (χ0) is 9.54. The Morgan fingerprint density at radius 2 is 2.07 bits per heavy atom. The Balaban J connectivity index is 1.77.